The molecule has 0 aliphatic heterocycles. The summed E-state index contributed by atoms with van der Waals surface area (Å²) in [6.45, 7) is 1.06. The largest absolute Gasteiger partial charge is 0.251 e. The van der Waals surface area contributed by atoms with Crippen LogP contribution in [0.25, 0.3) is 0 Å². The van der Waals surface area contributed by atoms with Gasteiger partial charge in [-0.1, -0.05) is 17.8 Å². The molecule has 16 heavy (non-hydrogen) atoms. The minimum Gasteiger partial charge on any atom is -0.250 e. The van der Waals surface area contributed by atoms with Gasteiger partial charge in [0.15, 0.2) is 0 Å². The van der Waals surface area contributed by atoms with Crippen molar-refractivity contribution in [3.63, 3.8) is 0 Å². The Morgan fingerprint density at radius 1 is 1.31 bits per heavy atom. The molecule has 4 rings (SSSR count). The van der Waals surface area contributed by atoms with Crippen molar-refractivity contribution in [2.75, 3.05) is 0 Å². The second-order valence-electron chi connectivity index (χ2n) is 5.15. The van der Waals surface area contributed by atoms with Gasteiger partial charge in [0.25, 0.3) is 5.92 Å². The molecule has 3 fully saturated rings. The van der Waals surface area contributed by atoms with Gasteiger partial charge >= 0.3 is 0 Å². The Bertz CT molecular complexity index is 393. The third-order valence-corrected chi connectivity index (χ3v) is 5.19. The second-order valence-corrected chi connectivity index (χ2v) is 6.64. The Labute approximate surface area is 97.6 Å². The molecule has 0 spiro atoms. The molecule has 0 amide bonds. The minimum atomic E-state index is -2.51. The molecule has 0 atom stereocenters. The van der Waals surface area contributed by atoms with Gasteiger partial charge in [0.05, 0.1) is 5.03 Å². The zero-order chi connectivity index (χ0) is 11.4. The lowest BCUT2D eigenvalue weighted by molar-refractivity contribution is -0.238. The van der Waals surface area contributed by atoms with Crippen LogP contribution in [0.1, 0.15) is 26.2 Å². The molecule has 4 heteroatoms. The first-order valence-corrected chi connectivity index (χ1v) is 6.24. The summed E-state index contributed by atoms with van der Waals surface area (Å²) in [6.07, 6.45) is 3.68. The number of pyridine rings is 1. The number of hydrogen-bond acceptors (Lipinski definition) is 2. The monoisotopic (exact) mass is 241 g/mol. The molecule has 3 aliphatic rings. The third-order valence-electron chi connectivity index (χ3n) is 3.87. The van der Waals surface area contributed by atoms with Crippen LogP contribution in [0, 0.1) is 5.41 Å². The molecule has 3 saturated carbocycles. The standard InChI is InChI=1S/C12H13F2NS/c1-10(13,14)11-6-12(7-11,8-11)16-9-4-2-3-5-15-9/h2-5H,6-8H2,1H3. The normalized spacial score (nSPS) is 36.4. The van der Waals surface area contributed by atoms with Crippen LogP contribution in [0.3, 0.4) is 0 Å². The summed E-state index contributed by atoms with van der Waals surface area (Å²) in [5, 5.41) is 0.954. The average molecular weight is 241 g/mol. The summed E-state index contributed by atoms with van der Waals surface area (Å²) in [7, 11) is 0. The number of nitrogens with zero attached hydrogens (tertiary/aromatic N) is 1. The summed E-state index contributed by atoms with van der Waals surface area (Å²) in [5.74, 6) is -2.51. The van der Waals surface area contributed by atoms with E-state index in [1.165, 1.54) is 0 Å². The van der Waals surface area contributed by atoms with E-state index in [1.54, 1.807) is 18.0 Å². The van der Waals surface area contributed by atoms with Crippen molar-refractivity contribution in [3.8, 4) is 0 Å². The van der Waals surface area contributed by atoms with E-state index in [-0.39, 0.29) is 4.75 Å². The van der Waals surface area contributed by atoms with Crippen LogP contribution >= 0.6 is 11.8 Å². The van der Waals surface area contributed by atoms with Gasteiger partial charge < -0.3 is 0 Å². The lowest BCUT2D eigenvalue weighted by Crippen LogP contribution is -2.71. The highest BCUT2D eigenvalue weighted by Gasteiger charge is 2.76. The molecule has 0 aromatic carbocycles. The number of aromatic nitrogens is 1. The topological polar surface area (TPSA) is 12.9 Å². The minimum absolute atomic E-state index is 0.0633. The lowest BCUT2D eigenvalue weighted by atomic mass is 9.41. The van der Waals surface area contributed by atoms with Gasteiger partial charge in [0, 0.05) is 16.4 Å². The molecule has 1 heterocycles. The fourth-order valence-corrected chi connectivity index (χ4v) is 4.65. The van der Waals surface area contributed by atoms with Crippen LogP contribution in [0.2, 0.25) is 0 Å². The SMILES string of the molecule is CC(F)(F)C12CC(Sc3ccccn3)(C1)C2. The molecule has 0 N–H and O–H groups in total. The molecular formula is C12H13F2NS. The van der Waals surface area contributed by atoms with Gasteiger partial charge in [-0.3, -0.25) is 0 Å². The van der Waals surface area contributed by atoms with Crippen molar-refractivity contribution in [1.29, 1.82) is 0 Å². The third kappa shape index (κ3) is 1.32. The molecular weight excluding hydrogens is 228 g/mol. The summed E-state index contributed by atoms with van der Waals surface area (Å²) >= 11 is 1.67. The van der Waals surface area contributed by atoms with E-state index in [1.807, 2.05) is 18.2 Å². The Kier molecular flexibility index (Phi) is 1.95. The van der Waals surface area contributed by atoms with E-state index < -0.39 is 11.3 Å². The highest BCUT2D eigenvalue weighted by Crippen LogP contribution is 2.78. The Morgan fingerprint density at radius 2 is 2.00 bits per heavy atom. The van der Waals surface area contributed by atoms with E-state index in [0.29, 0.717) is 19.3 Å². The zero-order valence-electron chi connectivity index (χ0n) is 9.04. The molecule has 0 unspecified atom stereocenters. The first-order chi connectivity index (χ1) is 7.45. The van der Waals surface area contributed by atoms with Crippen molar-refractivity contribution in [3.05, 3.63) is 24.4 Å². The van der Waals surface area contributed by atoms with Crippen LogP contribution in [-0.4, -0.2) is 15.7 Å². The molecule has 86 valence electrons. The van der Waals surface area contributed by atoms with Crippen molar-refractivity contribution in [1.82, 2.24) is 4.98 Å². The zero-order valence-corrected chi connectivity index (χ0v) is 9.86. The van der Waals surface area contributed by atoms with E-state index in [4.69, 9.17) is 0 Å². The molecule has 1 nitrogen and oxygen atoms in total. The number of rotatable bonds is 3. The highest BCUT2D eigenvalue weighted by atomic mass is 32.2. The van der Waals surface area contributed by atoms with Crippen molar-refractivity contribution in [2.45, 2.75) is 41.9 Å². The maximum absolute atomic E-state index is 13.3. The van der Waals surface area contributed by atoms with Crippen LogP contribution in [-0.2, 0) is 0 Å². The molecule has 1 aromatic rings. The van der Waals surface area contributed by atoms with Gasteiger partial charge in [-0.15, -0.1) is 0 Å². The first kappa shape index (κ1) is 10.5. The van der Waals surface area contributed by atoms with Crippen LogP contribution in [0.5, 0.6) is 0 Å². The lowest BCUT2D eigenvalue weighted by Gasteiger charge is -2.71. The Balaban J connectivity index is 1.67. The smallest absolute Gasteiger partial charge is 0.250 e. The molecule has 0 radical (unpaired) electrons. The molecule has 3 aliphatic carbocycles. The van der Waals surface area contributed by atoms with Crippen LogP contribution < -0.4 is 0 Å². The van der Waals surface area contributed by atoms with Gasteiger partial charge in [0.2, 0.25) is 0 Å². The maximum Gasteiger partial charge on any atom is 0.251 e. The summed E-state index contributed by atoms with van der Waals surface area (Å²) in [5.41, 5.74) is -0.686. The predicted octanol–water partition coefficient (Wildman–Crippen LogP) is 3.75. The van der Waals surface area contributed by atoms with Gasteiger partial charge in [-0.05, 0) is 38.3 Å². The quantitative estimate of drug-likeness (QED) is 0.799. The van der Waals surface area contributed by atoms with Crippen LogP contribution in [0.15, 0.2) is 29.4 Å². The van der Waals surface area contributed by atoms with E-state index >= 15 is 0 Å². The molecule has 1 aromatic heterocycles. The van der Waals surface area contributed by atoms with Crippen molar-refractivity contribution < 1.29 is 8.78 Å². The molecule has 0 saturated heterocycles. The van der Waals surface area contributed by atoms with Gasteiger partial charge in [0.1, 0.15) is 0 Å². The van der Waals surface area contributed by atoms with E-state index in [9.17, 15) is 8.78 Å². The Hall–Kier alpha value is -0.640. The number of halogens is 2. The highest BCUT2D eigenvalue weighted by molar-refractivity contribution is 8.00. The fraction of sp³-hybridized carbons (Fsp3) is 0.583. The van der Waals surface area contributed by atoms with Crippen molar-refractivity contribution in [2.24, 2.45) is 5.41 Å². The Morgan fingerprint density at radius 3 is 2.50 bits per heavy atom. The van der Waals surface area contributed by atoms with E-state index in [0.717, 1.165) is 11.9 Å². The number of alkyl halides is 2. The maximum atomic E-state index is 13.3. The molecule has 2 bridgehead atoms. The fourth-order valence-electron chi connectivity index (χ4n) is 2.90. The van der Waals surface area contributed by atoms with Gasteiger partial charge in [-0.25, -0.2) is 13.8 Å². The predicted molar refractivity (Wildman–Crippen MR) is 59.7 cm³/mol. The van der Waals surface area contributed by atoms with E-state index in [2.05, 4.69) is 4.98 Å². The summed E-state index contributed by atoms with van der Waals surface area (Å²) < 4.78 is 26.6. The number of hydrogen-bond donors (Lipinski definition) is 0. The van der Waals surface area contributed by atoms with Crippen LogP contribution in [0.4, 0.5) is 8.78 Å². The summed E-state index contributed by atoms with van der Waals surface area (Å²) in [6, 6.07) is 5.75. The second kappa shape index (κ2) is 2.97. The first-order valence-electron chi connectivity index (χ1n) is 5.43. The van der Waals surface area contributed by atoms with Gasteiger partial charge in [-0.2, -0.15) is 0 Å². The van der Waals surface area contributed by atoms with Crippen molar-refractivity contribution >= 4 is 11.8 Å². The number of thioether (sulfide) groups is 1. The summed E-state index contributed by atoms with van der Waals surface area (Å²) in [4.78, 5) is 4.23. The average Bonchev–Trinajstić information content (AvgIpc) is 2.08.